The van der Waals surface area contributed by atoms with Crippen LogP contribution in [-0.4, -0.2) is 48.9 Å². The van der Waals surface area contributed by atoms with Crippen molar-refractivity contribution in [3.63, 3.8) is 0 Å². The molecule has 4 heteroatoms. The van der Waals surface area contributed by atoms with Crippen molar-refractivity contribution in [1.82, 2.24) is 5.32 Å². The first kappa shape index (κ1) is 25.9. The summed E-state index contributed by atoms with van der Waals surface area (Å²) < 4.78 is 0.994. The van der Waals surface area contributed by atoms with E-state index in [4.69, 9.17) is 4.99 Å². The Labute approximate surface area is 180 Å². The molecule has 29 heavy (non-hydrogen) atoms. The fourth-order valence-electron chi connectivity index (χ4n) is 4.49. The van der Waals surface area contributed by atoms with Crippen LogP contribution in [0.15, 0.2) is 17.6 Å². The van der Waals surface area contributed by atoms with Crippen molar-refractivity contribution in [3.05, 3.63) is 12.7 Å². The summed E-state index contributed by atoms with van der Waals surface area (Å²) in [6, 6.07) is 0. The number of unbranched alkanes of at least 4 members (excludes halogenated alkanes) is 12. The van der Waals surface area contributed by atoms with Gasteiger partial charge in [0, 0.05) is 13.3 Å². The van der Waals surface area contributed by atoms with E-state index in [0.717, 1.165) is 43.6 Å². The van der Waals surface area contributed by atoms with Crippen molar-refractivity contribution in [3.8, 4) is 0 Å². The number of carbonyl (C=O) groups excluding carboxylic acids is 1. The van der Waals surface area contributed by atoms with E-state index >= 15 is 0 Å². The molecule has 0 bridgehead atoms. The van der Waals surface area contributed by atoms with Gasteiger partial charge in [-0.05, 0) is 26.2 Å². The summed E-state index contributed by atoms with van der Waals surface area (Å²) >= 11 is 0. The molecule has 0 aliphatic carbocycles. The Morgan fingerprint density at radius 3 is 2.07 bits per heavy atom. The zero-order chi connectivity index (χ0) is 21.2. The van der Waals surface area contributed by atoms with Crippen molar-refractivity contribution in [1.29, 1.82) is 0 Å². The topological polar surface area (TPSA) is 41.5 Å². The molecule has 1 unspecified atom stereocenters. The van der Waals surface area contributed by atoms with Crippen molar-refractivity contribution >= 4 is 11.7 Å². The highest BCUT2D eigenvalue weighted by molar-refractivity contribution is 5.77. The summed E-state index contributed by atoms with van der Waals surface area (Å²) in [5.74, 6) is 1.45. The number of carbonyl (C=O) groups is 1. The molecule has 1 aliphatic rings. The van der Waals surface area contributed by atoms with Gasteiger partial charge in [-0.3, -0.25) is 9.28 Å². The number of quaternary nitrogens is 1. The van der Waals surface area contributed by atoms with E-state index in [1.54, 1.807) is 6.92 Å². The molecule has 0 radical (unpaired) electrons. The highest BCUT2D eigenvalue weighted by Crippen LogP contribution is 2.20. The third-order valence-electron chi connectivity index (χ3n) is 6.45. The lowest BCUT2D eigenvalue weighted by atomic mass is 10.0. The van der Waals surface area contributed by atoms with E-state index in [-0.39, 0.29) is 5.91 Å². The van der Waals surface area contributed by atoms with Crippen LogP contribution < -0.4 is 5.32 Å². The Bertz CT molecular complexity index is 475. The molecule has 0 aromatic carbocycles. The van der Waals surface area contributed by atoms with Crippen LogP contribution in [0.25, 0.3) is 0 Å². The van der Waals surface area contributed by atoms with Crippen LogP contribution >= 0.6 is 0 Å². The molecule has 0 saturated carbocycles. The van der Waals surface area contributed by atoms with Crippen molar-refractivity contribution in [2.45, 2.75) is 104 Å². The second-order valence-electron chi connectivity index (χ2n) is 8.76. The summed E-state index contributed by atoms with van der Waals surface area (Å²) in [6.07, 6.45) is 20.9. The molecule has 0 aromatic heterocycles. The van der Waals surface area contributed by atoms with Gasteiger partial charge in [-0.25, -0.2) is 4.99 Å². The first-order chi connectivity index (χ1) is 14.1. The second kappa shape index (κ2) is 16.6. The van der Waals surface area contributed by atoms with Gasteiger partial charge < -0.3 is 5.32 Å². The zero-order valence-electron chi connectivity index (χ0n) is 19.5. The summed E-state index contributed by atoms with van der Waals surface area (Å²) in [5.41, 5.74) is 0. The minimum absolute atomic E-state index is 0.0699. The molecule has 1 rings (SSSR count). The van der Waals surface area contributed by atoms with Crippen LogP contribution in [-0.2, 0) is 4.79 Å². The average Bonchev–Trinajstić information content (AvgIpc) is 3.11. The van der Waals surface area contributed by atoms with Crippen LogP contribution in [0.4, 0.5) is 0 Å². The smallest absolute Gasteiger partial charge is 0.217 e. The second-order valence-corrected chi connectivity index (χ2v) is 8.76. The molecule has 0 spiro atoms. The molecule has 1 N–H and O–H groups in total. The maximum atomic E-state index is 11.2. The van der Waals surface area contributed by atoms with Crippen LogP contribution in [0.3, 0.4) is 0 Å². The van der Waals surface area contributed by atoms with Gasteiger partial charge in [-0.2, -0.15) is 0 Å². The standard InChI is InChI=1S/C25H47N3O/c1-4-6-7-8-9-10-11-12-13-14-15-16-17-18-19-25-27-21-23-28(25,5-2)22-20-26-24(3)29/h4H,1,5-23H2,2-3H3/p+1. The molecule has 4 nitrogen and oxygen atoms in total. The number of amidine groups is 1. The third-order valence-corrected chi connectivity index (χ3v) is 6.45. The van der Waals surface area contributed by atoms with E-state index < -0.39 is 0 Å². The minimum atomic E-state index is 0.0699. The Kier molecular flexibility index (Phi) is 14.8. The van der Waals surface area contributed by atoms with Gasteiger partial charge >= 0.3 is 0 Å². The van der Waals surface area contributed by atoms with E-state index in [9.17, 15) is 4.79 Å². The number of hydrogen-bond acceptors (Lipinski definition) is 2. The highest BCUT2D eigenvalue weighted by atomic mass is 16.1. The first-order valence-electron chi connectivity index (χ1n) is 12.4. The van der Waals surface area contributed by atoms with Crippen molar-refractivity contribution in [2.75, 3.05) is 32.7 Å². The molecule has 1 amide bonds. The number of allylic oxidation sites excluding steroid dienone is 1. The fraction of sp³-hybridized carbons (Fsp3) is 0.840. The van der Waals surface area contributed by atoms with Crippen LogP contribution in [0, 0.1) is 0 Å². The summed E-state index contributed by atoms with van der Waals surface area (Å²) in [4.78, 5) is 16.0. The number of nitrogens with zero attached hydrogens (tertiary/aromatic N) is 2. The number of nitrogens with one attached hydrogen (secondary N) is 1. The van der Waals surface area contributed by atoms with Crippen LogP contribution in [0.2, 0.25) is 0 Å². The maximum absolute atomic E-state index is 11.2. The Hall–Kier alpha value is -1.16. The maximum Gasteiger partial charge on any atom is 0.217 e. The summed E-state index contributed by atoms with van der Waals surface area (Å²) in [7, 11) is 0. The SMILES string of the molecule is C=CCCCCCCCCCCCCCCC1=NCC[N+]1(CC)CCNC(C)=O. The van der Waals surface area contributed by atoms with Gasteiger partial charge in [-0.1, -0.05) is 70.3 Å². The van der Waals surface area contributed by atoms with Gasteiger partial charge in [0.2, 0.25) is 5.91 Å². The molecule has 0 aromatic rings. The Morgan fingerprint density at radius 1 is 1.00 bits per heavy atom. The Morgan fingerprint density at radius 2 is 1.55 bits per heavy atom. The Balaban J connectivity index is 2.01. The van der Waals surface area contributed by atoms with E-state index in [1.807, 2.05) is 6.08 Å². The number of aliphatic imine (C=N–C) groups is 1. The molecule has 0 fully saturated rings. The first-order valence-corrected chi connectivity index (χ1v) is 12.4. The predicted molar refractivity (Wildman–Crippen MR) is 126 cm³/mol. The molecular weight excluding hydrogens is 358 g/mol. The normalized spacial score (nSPS) is 18.6. The number of rotatable bonds is 19. The highest BCUT2D eigenvalue weighted by Gasteiger charge is 2.35. The van der Waals surface area contributed by atoms with Crippen LogP contribution in [0.5, 0.6) is 0 Å². The average molecular weight is 407 g/mol. The molecule has 1 heterocycles. The largest absolute Gasteiger partial charge is 0.351 e. The fourth-order valence-corrected chi connectivity index (χ4v) is 4.49. The lowest BCUT2D eigenvalue weighted by molar-refractivity contribution is -0.833. The lowest BCUT2D eigenvalue weighted by Crippen LogP contribution is -2.54. The molecule has 168 valence electrons. The van der Waals surface area contributed by atoms with E-state index in [0.29, 0.717) is 0 Å². The lowest BCUT2D eigenvalue weighted by Gasteiger charge is -2.33. The van der Waals surface area contributed by atoms with Gasteiger partial charge in [0.15, 0.2) is 5.84 Å². The van der Waals surface area contributed by atoms with E-state index in [1.165, 1.54) is 89.3 Å². The van der Waals surface area contributed by atoms with Crippen molar-refractivity contribution < 1.29 is 9.28 Å². The minimum Gasteiger partial charge on any atom is -0.351 e. The van der Waals surface area contributed by atoms with Crippen molar-refractivity contribution in [2.24, 2.45) is 4.99 Å². The monoisotopic (exact) mass is 406 g/mol. The molecular formula is C25H48N3O+. The molecule has 1 aliphatic heterocycles. The van der Waals surface area contributed by atoms with Gasteiger partial charge in [0.1, 0.15) is 13.1 Å². The van der Waals surface area contributed by atoms with Gasteiger partial charge in [0.25, 0.3) is 0 Å². The molecule has 1 atom stereocenters. The summed E-state index contributed by atoms with van der Waals surface area (Å²) in [6.45, 7) is 12.5. The van der Waals surface area contributed by atoms with Crippen LogP contribution in [0.1, 0.15) is 104 Å². The third kappa shape index (κ3) is 11.6. The zero-order valence-corrected chi connectivity index (χ0v) is 19.5. The van der Waals surface area contributed by atoms with Gasteiger partial charge in [0.05, 0.1) is 19.6 Å². The van der Waals surface area contributed by atoms with E-state index in [2.05, 4.69) is 18.8 Å². The number of amides is 1. The number of likely N-dealkylation sites (N-methyl/N-ethyl adjacent to an activating group) is 1. The molecule has 0 saturated heterocycles. The number of hydrogen-bond donors (Lipinski definition) is 1. The quantitative estimate of drug-likeness (QED) is 0.159. The predicted octanol–water partition coefficient (Wildman–Crippen LogP) is 6.02. The summed E-state index contributed by atoms with van der Waals surface area (Å²) in [5, 5.41) is 2.96. The van der Waals surface area contributed by atoms with Gasteiger partial charge in [-0.15, -0.1) is 6.58 Å².